The summed E-state index contributed by atoms with van der Waals surface area (Å²) in [6.45, 7) is 11.9. The second-order valence-electron chi connectivity index (χ2n) is 9.90. The Balaban J connectivity index is 0.000000232. The van der Waals surface area contributed by atoms with Crippen LogP contribution in [0.4, 0.5) is 19.0 Å². The van der Waals surface area contributed by atoms with Crippen molar-refractivity contribution in [2.24, 2.45) is 4.99 Å². The van der Waals surface area contributed by atoms with Gasteiger partial charge in [0.15, 0.2) is 0 Å². The maximum atomic E-state index is 12.1. The standard InChI is InChI=1S/C17H16F3NO2.C14H23N3O/c1-11-4-5-14(10-11)16(22-3)21-12(2)13-6-8-15(9-7-13)23-17(18,19)20;1-2-12-3-4-14(16-11-12)15-7-10-17-8-5-13(18)6-9-17/h5-10H,2,4H2,1,3H3;3-4,11,13,18H,2,5-10H2,1H3,(H,15,16). The minimum Gasteiger partial charge on any atom is -0.481 e. The van der Waals surface area contributed by atoms with Crippen LogP contribution in [0.3, 0.4) is 0 Å². The van der Waals surface area contributed by atoms with E-state index >= 15 is 0 Å². The first kappa shape index (κ1) is 31.9. The molecule has 41 heavy (non-hydrogen) atoms. The van der Waals surface area contributed by atoms with Crippen molar-refractivity contribution in [1.29, 1.82) is 0 Å². The van der Waals surface area contributed by atoms with Crippen molar-refractivity contribution in [2.45, 2.75) is 52.0 Å². The van der Waals surface area contributed by atoms with Crippen molar-refractivity contribution in [2.75, 3.05) is 38.6 Å². The molecule has 1 saturated heterocycles. The van der Waals surface area contributed by atoms with Crippen molar-refractivity contribution in [3.05, 3.63) is 83.6 Å². The summed E-state index contributed by atoms with van der Waals surface area (Å²) in [5, 5.41) is 12.8. The molecule has 0 bridgehead atoms. The summed E-state index contributed by atoms with van der Waals surface area (Å²) in [6.07, 6.45) is 4.78. The maximum absolute atomic E-state index is 12.1. The first-order chi connectivity index (χ1) is 19.6. The Kier molecular flexibility index (Phi) is 12.0. The predicted molar refractivity (Wildman–Crippen MR) is 157 cm³/mol. The monoisotopic (exact) mass is 572 g/mol. The highest BCUT2D eigenvalue weighted by Gasteiger charge is 2.31. The maximum Gasteiger partial charge on any atom is 0.573 e. The molecule has 4 rings (SSSR count). The Bertz CT molecular complexity index is 1210. The normalized spacial score (nSPS) is 16.3. The molecule has 0 amide bonds. The molecule has 7 nitrogen and oxygen atoms in total. The van der Waals surface area contributed by atoms with Gasteiger partial charge < -0.3 is 24.8 Å². The van der Waals surface area contributed by atoms with Gasteiger partial charge in [-0.15, -0.1) is 13.2 Å². The molecule has 1 aromatic carbocycles. The van der Waals surface area contributed by atoms with E-state index in [-0.39, 0.29) is 11.9 Å². The lowest BCUT2D eigenvalue weighted by molar-refractivity contribution is -0.274. The molecule has 1 aromatic heterocycles. The van der Waals surface area contributed by atoms with Crippen LogP contribution >= 0.6 is 0 Å². The quantitative estimate of drug-likeness (QED) is 0.268. The van der Waals surface area contributed by atoms with Crippen LogP contribution in [0.2, 0.25) is 0 Å². The van der Waals surface area contributed by atoms with Crippen molar-refractivity contribution in [1.82, 2.24) is 9.88 Å². The number of aromatic nitrogens is 1. The molecule has 0 saturated carbocycles. The van der Waals surface area contributed by atoms with Gasteiger partial charge in [-0.3, -0.25) is 0 Å². The van der Waals surface area contributed by atoms with Crippen LogP contribution in [-0.2, 0) is 11.2 Å². The summed E-state index contributed by atoms with van der Waals surface area (Å²) in [5.41, 5.74) is 4.30. The van der Waals surface area contributed by atoms with Gasteiger partial charge in [-0.2, -0.15) is 0 Å². The minimum absolute atomic E-state index is 0.0857. The van der Waals surface area contributed by atoms with Gasteiger partial charge in [0.25, 0.3) is 0 Å². The number of halogens is 3. The molecule has 1 aliphatic carbocycles. The third kappa shape index (κ3) is 11.0. The molecular formula is C31H39F3N4O3. The van der Waals surface area contributed by atoms with E-state index in [1.54, 1.807) is 0 Å². The first-order valence-electron chi connectivity index (χ1n) is 13.7. The SMILES string of the molecule is C=C(N=C(OC)C1=CCC(C)=C1)c1ccc(OC(F)(F)F)cc1.CCc1ccc(NCCN2CCC(O)CC2)nc1. The number of hydrogen-bond acceptors (Lipinski definition) is 7. The molecule has 2 heterocycles. The fraction of sp³-hybridized carbons (Fsp3) is 0.419. The molecule has 0 radical (unpaired) electrons. The van der Waals surface area contributed by atoms with E-state index in [1.807, 2.05) is 31.3 Å². The molecule has 1 aliphatic heterocycles. The van der Waals surface area contributed by atoms with E-state index in [4.69, 9.17) is 4.74 Å². The van der Waals surface area contributed by atoms with Gasteiger partial charge in [0.1, 0.15) is 11.6 Å². The number of nitrogens with one attached hydrogen (secondary N) is 1. The molecule has 0 atom stereocenters. The second-order valence-corrected chi connectivity index (χ2v) is 9.90. The molecule has 0 spiro atoms. The third-order valence-corrected chi connectivity index (χ3v) is 6.67. The van der Waals surface area contributed by atoms with E-state index in [1.165, 1.54) is 42.5 Å². The molecule has 2 aliphatic rings. The Morgan fingerprint density at radius 2 is 1.88 bits per heavy atom. The molecule has 2 N–H and O–H groups in total. The van der Waals surface area contributed by atoms with Crippen LogP contribution in [0.1, 0.15) is 44.2 Å². The van der Waals surface area contributed by atoms with E-state index in [9.17, 15) is 18.3 Å². The molecule has 222 valence electrons. The van der Waals surface area contributed by atoms with Crippen LogP contribution in [0.25, 0.3) is 5.70 Å². The van der Waals surface area contributed by atoms with Crippen molar-refractivity contribution in [3.63, 3.8) is 0 Å². The Labute approximate surface area is 240 Å². The number of nitrogens with zero attached hydrogens (tertiary/aromatic N) is 3. The largest absolute Gasteiger partial charge is 0.573 e. The molecule has 0 unspecified atom stereocenters. The second kappa shape index (κ2) is 15.4. The highest BCUT2D eigenvalue weighted by atomic mass is 19.4. The van der Waals surface area contributed by atoms with E-state index < -0.39 is 6.36 Å². The predicted octanol–water partition coefficient (Wildman–Crippen LogP) is 6.39. The number of aryl methyl sites for hydroxylation is 1. The number of aliphatic hydroxyl groups excluding tert-OH is 1. The average Bonchev–Trinajstić information content (AvgIpc) is 3.39. The number of aliphatic imine (C=N–C) groups is 1. The van der Waals surface area contributed by atoms with Crippen LogP contribution < -0.4 is 10.1 Å². The van der Waals surface area contributed by atoms with Gasteiger partial charge in [0.2, 0.25) is 5.90 Å². The van der Waals surface area contributed by atoms with E-state index in [2.05, 4.69) is 44.5 Å². The Morgan fingerprint density at radius 3 is 2.41 bits per heavy atom. The minimum atomic E-state index is -4.71. The topological polar surface area (TPSA) is 79.2 Å². The summed E-state index contributed by atoms with van der Waals surface area (Å²) in [6, 6.07) is 9.52. The summed E-state index contributed by atoms with van der Waals surface area (Å²) < 4.78 is 45.5. The highest BCUT2D eigenvalue weighted by Crippen LogP contribution is 2.26. The molecule has 1 fully saturated rings. The van der Waals surface area contributed by atoms with Crippen LogP contribution in [0, 0.1) is 0 Å². The lowest BCUT2D eigenvalue weighted by Gasteiger charge is -2.29. The van der Waals surface area contributed by atoms with Gasteiger partial charge in [0, 0.05) is 37.9 Å². The van der Waals surface area contributed by atoms with Crippen molar-refractivity contribution >= 4 is 17.4 Å². The average molecular weight is 573 g/mol. The Hall–Kier alpha value is -3.63. The number of ether oxygens (including phenoxy) is 2. The van der Waals surface area contributed by atoms with E-state index in [0.717, 1.165) is 63.3 Å². The molecule has 2 aromatic rings. The number of pyridine rings is 1. The van der Waals surface area contributed by atoms with Gasteiger partial charge in [-0.1, -0.05) is 37.3 Å². The van der Waals surface area contributed by atoms with Crippen LogP contribution in [0.5, 0.6) is 5.75 Å². The summed E-state index contributed by atoms with van der Waals surface area (Å²) in [5.74, 6) is 1.08. The summed E-state index contributed by atoms with van der Waals surface area (Å²) in [7, 11) is 1.51. The molecule has 10 heteroatoms. The summed E-state index contributed by atoms with van der Waals surface area (Å²) >= 11 is 0. The van der Waals surface area contributed by atoms with Gasteiger partial charge in [0.05, 0.1) is 18.9 Å². The number of likely N-dealkylation sites (tertiary alicyclic amines) is 1. The number of benzene rings is 1. The van der Waals surface area contributed by atoms with E-state index in [0.29, 0.717) is 17.2 Å². The fourth-order valence-electron chi connectivity index (χ4n) is 4.29. The van der Waals surface area contributed by atoms with Gasteiger partial charge >= 0.3 is 6.36 Å². The first-order valence-corrected chi connectivity index (χ1v) is 13.7. The molecular weight excluding hydrogens is 533 g/mol. The number of hydrogen-bond donors (Lipinski definition) is 2. The lowest BCUT2D eigenvalue weighted by Crippen LogP contribution is -2.38. The number of piperidine rings is 1. The highest BCUT2D eigenvalue weighted by molar-refractivity contribution is 6.00. The summed E-state index contributed by atoms with van der Waals surface area (Å²) in [4.78, 5) is 11.1. The fourth-order valence-corrected chi connectivity index (χ4v) is 4.29. The smallest absolute Gasteiger partial charge is 0.481 e. The third-order valence-electron chi connectivity index (χ3n) is 6.67. The van der Waals surface area contributed by atoms with Crippen molar-refractivity contribution < 1.29 is 27.8 Å². The Morgan fingerprint density at radius 1 is 1.17 bits per heavy atom. The lowest BCUT2D eigenvalue weighted by atomic mass is 10.1. The van der Waals surface area contributed by atoms with Crippen LogP contribution in [0.15, 0.2) is 77.5 Å². The number of alkyl halides is 3. The van der Waals surface area contributed by atoms with Gasteiger partial charge in [-0.05, 0) is 74.1 Å². The number of anilines is 1. The zero-order chi connectivity index (χ0) is 29.8. The van der Waals surface area contributed by atoms with Gasteiger partial charge in [-0.25, -0.2) is 9.98 Å². The number of aliphatic hydroxyl groups is 1. The number of allylic oxidation sites excluding steroid dienone is 2. The van der Waals surface area contributed by atoms with Crippen LogP contribution in [-0.4, -0.2) is 66.6 Å². The zero-order valence-corrected chi connectivity index (χ0v) is 23.9. The van der Waals surface area contributed by atoms with Crippen molar-refractivity contribution in [3.8, 4) is 5.75 Å². The number of rotatable bonds is 9. The zero-order valence-electron chi connectivity index (χ0n) is 23.9. The number of methoxy groups -OCH3 is 1.